The molecule has 41 heavy (non-hydrogen) atoms. The number of fused-ring (bicyclic) bond motifs is 1. The molecular formula is C31H35F2N3O4S. The van der Waals surface area contributed by atoms with E-state index < -0.39 is 16.1 Å². The van der Waals surface area contributed by atoms with Crippen LogP contribution in [0.2, 0.25) is 0 Å². The highest BCUT2D eigenvalue weighted by Crippen LogP contribution is 2.34. The van der Waals surface area contributed by atoms with Crippen molar-refractivity contribution in [1.82, 2.24) is 10.0 Å². The SMILES string of the molecule is O=C(NCCC1CNc2ccc(F)cc21)[C@H](CC1CCCCC1)NS(=O)(=O)c1ccc(Oc2ccc(F)cc2)cc1. The Bertz CT molecular complexity index is 1440. The maximum Gasteiger partial charge on any atom is 0.241 e. The molecule has 1 aliphatic heterocycles. The van der Waals surface area contributed by atoms with Gasteiger partial charge in [0.05, 0.1) is 4.90 Å². The molecule has 3 aromatic rings. The lowest BCUT2D eigenvalue weighted by molar-refractivity contribution is -0.123. The molecule has 0 saturated heterocycles. The predicted octanol–water partition coefficient (Wildman–Crippen LogP) is 6.09. The third-order valence-corrected chi connectivity index (χ3v) is 9.36. The summed E-state index contributed by atoms with van der Waals surface area (Å²) in [5, 5.41) is 6.19. The standard InChI is InChI=1S/C31H35F2N3O4S/c32-23-6-9-25(10-7-23)40-26-11-13-27(14-12-26)41(38,39)36-30(18-21-4-2-1-3-5-21)31(37)34-17-16-22-20-35-29-15-8-24(33)19-28(22)29/h6-15,19,21-22,30,35-36H,1-5,16-18,20H2,(H,34,37)/t22?,30-/m0/s1. The Labute approximate surface area is 239 Å². The van der Waals surface area contributed by atoms with Crippen LogP contribution in [0.15, 0.2) is 71.6 Å². The first-order chi connectivity index (χ1) is 19.8. The number of rotatable bonds is 11. The molecule has 218 valence electrons. The number of sulfonamides is 1. The minimum atomic E-state index is -4.00. The molecule has 1 amide bonds. The van der Waals surface area contributed by atoms with E-state index in [1.54, 1.807) is 6.07 Å². The molecule has 2 atom stereocenters. The van der Waals surface area contributed by atoms with Gasteiger partial charge in [0.1, 0.15) is 29.2 Å². The average Bonchev–Trinajstić information content (AvgIpc) is 3.36. The van der Waals surface area contributed by atoms with Crippen LogP contribution in [0.1, 0.15) is 56.4 Å². The van der Waals surface area contributed by atoms with Gasteiger partial charge in [-0.05, 0) is 91.1 Å². The Balaban J connectivity index is 1.23. The number of hydrogen-bond acceptors (Lipinski definition) is 5. The molecule has 2 aliphatic rings. The van der Waals surface area contributed by atoms with Gasteiger partial charge in [0.15, 0.2) is 0 Å². The number of carbonyl (C=O) groups is 1. The summed E-state index contributed by atoms with van der Waals surface area (Å²) in [7, 11) is -4.00. The monoisotopic (exact) mass is 583 g/mol. The quantitative estimate of drug-likeness (QED) is 0.254. The smallest absolute Gasteiger partial charge is 0.241 e. The van der Waals surface area contributed by atoms with E-state index in [1.807, 2.05) is 0 Å². The lowest BCUT2D eigenvalue weighted by atomic mass is 9.85. The van der Waals surface area contributed by atoms with Gasteiger partial charge in [-0.3, -0.25) is 4.79 Å². The summed E-state index contributed by atoms with van der Waals surface area (Å²) < 4.78 is 61.9. The van der Waals surface area contributed by atoms with Crippen molar-refractivity contribution >= 4 is 21.6 Å². The number of hydrogen-bond donors (Lipinski definition) is 3. The van der Waals surface area contributed by atoms with Crippen molar-refractivity contribution in [3.63, 3.8) is 0 Å². The molecule has 0 spiro atoms. The summed E-state index contributed by atoms with van der Waals surface area (Å²) in [5.41, 5.74) is 1.80. The Hall–Kier alpha value is -3.50. The van der Waals surface area contributed by atoms with Crippen molar-refractivity contribution in [2.24, 2.45) is 5.92 Å². The number of benzene rings is 3. The Morgan fingerprint density at radius 1 is 0.927 bits per heavy atom. The van der Waals surface area contributed by atoms with E-state index in [-0.39, 0.29) is 34.3 Å². The van der Waals surface area contributed by atoms with Crippen molar-refractivity contribution in [3.8, 4) is 11.5 Å². The lowest BCUT2D eigenvalue weighted by Crippen LogP contribution is -2.48. The van der Waals surface area contributed by atoms with Gasteiger partial charge in [-0.15, -0.1) is 0 Å². The van der Waals surface area contributed by atoms with Crippen molar-refractivity contribution in [1.29, 1.82) is 0 Å². The second kappa shape index (κ2) is 13.0. The van der Waals surface area contributed by atoms with Crippen LogP contribution in [0.3, 0.4) is 0 Å². The zero-order chi connectivity index (χ0) is 28.8. The van der Waals surface area contributed by atoms with Gasteiger partial charge in [0.2, 0.25) is 15.9 Å². The van der Waals surface area contributed by atoms with E-state index in [2.05, 4.69) is 15.4 Å². The fourth-order valence-corrected chi connectivity index (χ4v) is 6.88. The van der Waals surface area contributed by atoms with Crippen LogP contribution in [-0.4, -0.2) is 33.5 Å². The lowest BCUT2D eigenvalue weighted by Gasteiger charge is -2.26. The van der Waals surface area contributed by atoms with Crippen LogP contribution in [0.5, 0.6) is 11.5 Å². The summed E-state index contributed by atoms with van der Waals surface area (Å²) in [5.74, 6) is 0.112. The number of halogens is 2. The molecule has 0 radical (unpaired) electrons. The van der Waals surface area contributed by atoms with Crippen LogP contribution in [-0.2, 0) is 14.8 Å². The van der Waals surface area contributed by atoms with Crippen LogP contribution < -0.4 is 20.1 Å². The third-order valence-electron chi connectivity index (χ3n) is 7.88. The van der Waals surface area contributed by atoms with Crippen LogP contribution >= 0.6 is 0 Å². The molecular weight excluding hydrogens is 548 g/mol. The van der Waals surface area contributed by atoms with E-state index in [0.29, 0.717) is 37.4 Å². The Morgan fingerprint density at radius 3 is 2.29 bits per heavy atom. The van der Waals surface area contributed by atoms with Gasteiger partial charge in [0, 0.05) is 24.7 Å². The maximum atomic E-state index is 13.8. The van der Waals surface area contributed by atoms with Crippen LogP contribution in [0.25, 0.3) is 0 Å². The maximum absolute atomic E-state index is 13.8. The van der Waals surface area contributed by atoms with E-state index >= 15 is 0 Å². The molecule has 3 N–H and O–H groups in total. The highest BCUT2D eigenvalue weighted by molar-refractivity contribution is 7.89. The number of anilines is 1. The molecule has 10 heteroatoms. The van der Waals surface area contributed by atoms with Gasteiger partial charge < -0.3 is 15.4 Å². The first-order valence-corrected chi connectivity index (χ1v) is 15.6. The normalized spacial score (nSPS) is 17.9. The number of ether oxygens (including phenoxy) is 1. The zero-order valence-electron chi connectivity index (χ0n) is 22.7. The molecule has 5 rings (SSSR count). The molecule has 7 nitrogen and oxygen atoms in total. The van der Waals surface area contributed by atoms with Crippen LogP contribution in [0.4, 0.5) is 14.5 Å². The molecule has 0 bridgehead atoms. The van der Waals surface area contributed by atoms with E-state index in [0.717, 1.165) is 43.4 Å². The molecule has 1 saturated carbocycles. The van der Waals surface area contributed by atoms with Gasteiger partial charge in [-0.1, -0.05) is 32.1 Å². The molecule has 1 unspecified atom stereocenters. The highest BCUT2D eigenvalue weighted by Gasteiger charge is 2.30. The molecule has 1 fully saturated rings. The van der Waals surface area contributed by atoms with Crippen molar-refractivity contribution in [3.05, 3.63) is 83.9 Å². The summed E-state index contributed by atoms with van der Waals surface area (Å²) >= 11 is 0. The first-order valence-electron chi connectivity index (χ1n) is 14.1. The summed E-state index contributed by atoms with van der Waals surface area (Å²) in [6.07, 6.45) is 6.28. The summed E-state index contributed by atoms with van der Waals surface area (Å²) in [6, 6.07) is 15.1. The second-order valence-electron chi connectivity index (χ2n) is 10.8. The average molecular weight is 584 g/mol. The van der Waals surface area contributed by atoms with Gasteiger partial charge in [-0.2, -0.15) is 4.72 Å². The minimum absolute atomic E-state index is 0.0149. The Kier molecular flexibility index (Phi) is 9.19. The molecule has 1 aliphatic carbocycles. The largest absolute Gasteiger partial charge is 0.457 e. The van der Waals surface area contributed by atoms with Crippen molar-refractivity contribution < 1.29 is 26.7 Å². The van der Waals surface area contributed by atoms with Crippen LogP contribution in [0, 0.1) is 17.6 Å². The van der Waals surface area contributed by atoms with Crippen molar-refractivity contribution in [2.45, 2.75) is 61.8 Å². The van der Waals surface area contributed by atoms with Gasteiger partial charge in [-0.25, -0.2) is 17.2 Å². The van der Waals surface area contributed by atoms with E-state index in [9.17, 15) is 22.0 Å². The number of amides is 1. The Morgan fingerprint density at radius 2 is 1.59 bits per heavy atom. The zero-order valence-corrected chi connectivity index (χ0v) is 23.6. The highest BCUT2D eigenvalue weighted by atomic mass is 32.2. The predicted molar refractivity (Wildman–Crippen MR) is 153 cm³/mol. The van der Waals surface area contributed by atoms with Gasteiger partial charge >= 0.3 is 0 Å². The first kappa shape index (κ1) is 29.0. The number of carbonyl (C=O) groups excluding carboxylic acids is 1. The fraction of sp³-hybridized carbons (Fsp3) is 0.387. The fourth-order valence-electron chi connectivity index (χ4n) is 5.67. The molecule has 0 aromatic heterocycles. The van der Waals surface area contributed by atoms with Crippen molar-refractivity contribution in [2.75, 3.05) is 18.4 Å². The molecule has 3 aromatic carbocycles. The minimum Gasteiger partial charge on any atom is -0.457 e. The second-order valence-corrected chi connectivity index (χ2v) is 12.5. The summed E-state index contributed by atoms with van der Waals surface area (Å²) in [4.78, 5) is 13.3. The van der Waals surface area contributed by atoms with E-state index in [1.165, 1.54) is 60.7 Å². The topological polar surface area (TPSA) is 96.5 Å². The van der Waals surface area contributed by atoms with Gasteiger partial charge in [0.25, 0.3) is 0 Å². The third kappa shape index (κ3) is 7.62. The summed E-state index contributed by atoms with van der Waals surface area (Å²) in [6.45, 7) is 1.01. The van der Waals surface area contributed by atoms with E-state index in [4.69, 9.17) is 4.74 Å². The molecule has 1 heterocycles. The number of nitrogens with one attached hydrogen (secondary N) is 3.